The van der Waals surface area contributed by atoms with Crippen LogP contribution in [0.3, 0.4) is 0 Å². The molecule has 2 saturated heterocycles. The highest BCUT2D eigenvalue weighted by atomic mass is 16.7. The Balaban J connectivity index is 1.20. The Hall–Kier alpha value is -1.34. The Morgan fingerprint density at radius 1 is 0.971 bits per heavy atom. The van der Waals surface area contributed by atoms with E-state index < -0.39 is 11.4 Å². The summed E-state index contributed by atoms with van der Waals surface area (Å²) in [6.45, 7) is 12.9. The average molecular weight is 493 g/mol. The van der Waals surface area contributed by atoms with Crippen molar-refractivity contribution in [1.82, 2.24) is 10.2 Å². The molecule has 0 spiro atoms. The molecule has 0 aromatic heterocycles. The highest BCUT2D eigenvalue weighted by Crippen LogP contribution is 2.41. The minimum Gasteiger partial charge on any atom is -0.444 e. The van der Waals surface area contributed by atoms with Gasteiger partial charge in [-0.1, -0.05) is 12.8 Å². The van der Waals surface area contributed by atoms with Crippen molar-refractivity contribution in [2.45, 2.75) is 110 Å². The second-order valence-electron chi connectivity index (χ2n) is 13.0. The molecule has 2 aliphatic heterocycles. The summed E-state index contributed by atoms with van der Waals surface area (Å²) in [5.74, 6) is 2.27. The van der Waals surface area contributed by atoms with E-state index in [9.17, 15) is 9.59 Å². The minimum absolute atomic E-state index is 0.0969. The van der Waals surface area contributed by atoms with E-state index in [2.05, 4.69) is 10.2 Å². The molecule has 2 heterocycles. The molecule has 0 radical (unpaired) electrons. The summed E-state index contributed by atoms with van der Waals surface area (Å²) in [5.41, 5.74) is -0.460. The lowest BCUT2D eigenvalue weighted by atomic mass is 9.72. The lowest BCUT2D eigenvalue weighted by Gasteiger charge is -2.46. The van der Waals surface area contributed by atoms with Crippen LogP contribution in [0.1, 0.15) is 92.4 Å². The van der Waals surface area contributed by atoms with Gasteiger partial charge >= 0.3 is 6.09 Å². The minimum atomic E-state index is -0.537. The van der Waals surface area contributed by atoms with Crippen molar-refractivity contribution in [3.63, 3.8) is 0 Å². The van der Waals surface area contributed by atoms with Crippen LogP contribution >= 0.6 is 0 Å². The number of amides is 2. The number of alkyl carbamates (subject to hydrolysis) is 1. The molecule has 0 aromatic carbocycles. The first kappa shape index (κ1) is 26.7. The first-order valence-corrected chi connectivity index (χ1v) is 14.1. The van der Waals surface area contributed by atoms with E-state index in [4.69, 9.17) is 14.2 Å². The fourth-order valence-corrected chi connectivity index (χ4v) is 6.79. The molecule has 2 saturated carbocycles. The van der Waals surface area contributed by atoms with Crippen molar-refractivity contribution < 1.29 is 23.8 Å². The lowest BCUT2D eigenvalue weighted by Crippen LogP contribution is -2.51. The van der Waals surface area contributed by atoms with Crippen molar-refractivity contribution in [3.8, 4) is 0 Å². The van der Waals surface area contributed by atoms with Gasteiger partial charge < -0.3 is 24.4 Å². The quantitative estimate of drug-likeness (QED) is 0.589. The van der Waals surface area contributed by atoms with Crippen molar-refractivity contribution in [2.75, 3.05) is 26.2 Å². The van der Waals surface area contributed by atoms with E-state index >= 15 is 0 Å². The van der Waals surface area contributed by atoms with Crippen molar-refractivity contribution in [2.24, 2.45) is 29.6 Å². The van der Waals surface area contributed by atoms with Crippen molar-refractivity contribution in [1.29, 1.82) is 0 Å². The summed E-state index contributed by atoms with van der Waals surface area (Å²) in [6, 6.07) is 0. The van der Waals surface area contributed by atoms with Crippen LogP contribution in [-0.2, 0) is 19.0 Å². The molecule has 4 aliphatic rings. The van der Waals surface area contributed by atoms with Gasteiger partial charge in [0.1, 0.15) is 5.60 Å². The van der Waals surface area contributed by atoms with Gasteiger partial charge in [-0.2, -0.15) is 0 Å². The van der Waals surface area contributed by atoms with Gasteiger partial charge in [-0.15, -0.1) is 0 Å². The zero-order valence-electron chi connectivity index (χ0n) is 22.6. The Bertz CT molecular complexity index is 740. The topological polar surface area (TPSA) is 77.1 Å². The molecule has 7 nitrogen and oxygen atoms in total. The molecule has 4 fully saturated rings. The lowest BCUT2D eigenvalue weighted by molar-refractivity contribution is -0.300. The SMILES string of the molecule is CC(C)(C)OC(=O)NCC1CCCC(C2CCN(C(=O)C3CCC4COC(C)(C)OC4C3)CC2)C1. The summed E-state index contributed by atoms with van der Waals surface area (Å²) in [4.78, 5) is 27.5. The standard InChI is InChI=1S/C28H48N2O5/c1-27(2,3)35-26(32)29-17-19-7-6-8-21(15-19)20-11-13-30(14-12-20)25(31)22-9-10-23-18-33-28(4,5)34-24(23)16-22/h19-24H,6-18H2,1-5H3,(H,29,32). The molecule has 1 N–H and O–H groups in total. The van der Waals surface area contributed by atoms with Crippen LogP contribution in [0, 0.1) is 29.6 Å². The van der Waals surface area contributed by atoms with Gasteiger partial charge in [-0.25, -0.2) is 4.79 Å². The van der Waals surface area contributed by atoms with Crippen LogP contribution in [0.5, 0.6) is 0 Å². The van der Waals surface area contributed by atoms with Crippen LogP contribution in [0.15, 0.2) is 0 Å². The predicted octanol–water partition coefficient (Wildman–Crippen LogP) is 5.12. The highest BCUT2D eigenvalue weighted by molar-refractivity contribution is 5.79. The summed E-state index contributed by atoms with van der Waals surface area (Å²) in [7, 11) is 0. The number of ether oxygens (including phenoxy) is 3. The molecule has 5 unspecified atom stereocenters. The Kier molecular flexibility index (Phi) is 8.36. The van der Waals surface area contributed by atoms with Crippen molar-refractivity contribution >= 4 is 12.0 Å². The number of piperidine rings is 1. The number of fused-ring (bicyclic) bond motifs is 1. The fourth-order valence-electron chi connectivity index (χ4n) is 6.79. The number of likely N-dealkylation sites (tertiary alicyclic amines) is 1. The Labute approximate surface area is 212 Å². The molecule has 4 rings (SSSR count). The number of nitrogens with one attached hydrogen (secondary N) is 1. The molecular formula is C28H48N2O5. The van der Waals surface area contributed by atoms with Gasteiger partial charge in [0.15, 0.2) is 5.79 Å². The molecule has 2 aliphatic carbocycles. The van der Waals surface area contributed by atoms with E-state index in [0.717, 1.165) is 51.8 Å². The fraction of sp³-hybridized carbons (Fsp3) is 0.929. The third-order valence-electron chi connectivity index (χ3n) is 8.63. The van der Waals surface area contributed by atoms with Crippen molar-refractivity contribution in [3.05, 3.63) is 0 Å². The number of hydrogen-bond donors (Lipinski definition) is 1. The maximum absolute atomic E-state index is 13.4. The van der Waals surface area contributed by atoms with E-state index in [0.29, 0.717) is 36.1 Å². The largest absolute Gasteiger partial charge is 0.444 e. The average Bonchev–Trinajstić information content (AvgIpc) is 2.80. The maximum atomic E-state index is 13.4. The molecule has 7 heteroatoms. The highest BCUT2D eigenvalue weighted by Gasteiger charge is 2.43. The summed E-state index contributed by atoms with van der Waals surface area (Å²) >= 11 is 0. The molecule has 2 amide bonds. The van der Waals surface area contributed by atoms with Crippen LogP contribution in [0.4, 0.5) is 4.79 Å². The van der Waals surface area contributed by atoms with E-state index in [1.54, 1.807) is 0 Å². The second-order valence-corrected chi connectivity index (χ2v) is 13.0. The van der Waals surface area contributed by atoms with Gasteiger partial charge in [-0.3, -0.25) is 4.79 Å². The van der Waals surface area contributed by atoms with Crippen LogP contribution in [-0.4, -0.2) is 60.6 Å². The second kappa shape index (κ2) is 11.0. The van der Waals surface area contributed by atoms with E-state index in [1.165, 1.54) is 25.7 Å². The summed E-state index contributed by atoms with van der Waals surface area (Å²) in [6.07, 6.45) is 9.74. The van der Waals surface area contributed by atoms with Gasteiger partial charge in [0, 0.05) is 31.5 Å². The van der Waals surface area contributed by atoms with Gasteiger partial charge in [0.05, 0.1) is 12.7 Å². The Morgan fingerprint density at radius 3 is 2.43 bits per heavy atom. The first-order chi connectivity index (χ1) is 16.5. The molecule has 35 heavy (non-hydrogen) atoms. The molecule has 0 bridgehead atoms. The monoisotopic (exact) mass is 492 g/mol. The van der Waals surface area contributed by atoms with Crippen LogP contribution in [0.2, 0.25) is 0 Å². The first-order valence-electron chi connectivity index (χ1n) is 14.1. The maximum Gasteiger partial charge on any atom is 0.407 e. The normalized spacial score (nSPS) is 34.1. The van der Waals surface area contributed by atoms with Crippen LogP contribution < -0.4 is 5.32 Å². The number of carbonyl (C=O) groups is 2. The zero-order chi connectivity index (χ0) is 25.2. The molecule has 200 valence electrons. The van der Waals surface area contributed by atoms with E-state index in [1.807, 2.05) is 34.6 Å². The number of nitrogens with zero attached hydrogens (tertiary/aromatic N) is 1. The predicted molar refractivity (Wildman–Crippen MR) is 135 cm³/mol. The third-order valence-corrected chi connectivity index (χ3v) is 8.63. The number of carbonyl (C=O) groups excluding carboxylic acids is 2. The Morgan fingerprint density at radius 2 is 1.71 bits per heavy atom. The van der Waals surface area contributed by atoms with Crippen LogP contribution in [0.25, 0.3) is 0 Å². The van der Waals surface area contributed by atoms with Gasteiger partial charge in [-0.05, 0) is 97.3 Å². The smallest absolute Gasteiger partial charge is 0.407 e. The van der Waals surface area contributed by atoms with E-state index in [-0.39, 0.29) is 18.1 Å². The molecular weight excluding hydrogens is 444 g/mol. The summed E-state index contributed by atoms with van der Waals surface area (Å²) in [5, 5.41) is 2.98. The zero-order valence-corrected chi connectivity index (χ0v) is 22.6. The summed E-state index contributed by atoms with van der Waals surface area (Å²) < 4.78 is 17.4. The van der Waals surface area contributed by atoms with Gasteiger partial charge in [0.2, 0.25) is 5.91 Å². The van der Waals surface area contributed by atoms with Gasteiger partial charge in [0.25, 0.3) is 0 Å². The number of rotatable bonds is 4. The third kappa shape index (κ3) is 7.34. The number of hydrogen-bond acceptors (Lipinski definition) is 5. The molecule has 0 aromatic rings. The molecule has 5 atom stereocenters.